The van der Waals surface area contributed by atoms with Gasteiger partial charge in [-0.1, -0.05) is 121 Å². The summed E-state index contributed by atoms with van der Waals surface area (Å²) in [5, 5.41) is 4.46. The number of fused-ring (bicyclic) bond motifs is 7. The summed E-state index contributed by atoms with van der Waals surface area (Å²) in [6.45, 7) is 0. The summed E-state index contributed by atoms with van der Waals surface area (Å²) < 4.78 is 4.47. The molecular weight excluding hydrogens is 615 g/mol. The van der Waals surface area contributed by atoms with Gasteiger partial charge < -0.3 is 0 Å². The van der Waals surface area contributed by atoms with Crippen molar-refractivity contribution in [3.63, 3.8) is 0 Å². The average molecular weight is 642 g/mol. The van der Waals surface area contributed by atoms with E-state index >= 15 is 0 Å². The van der Waals surface area contributed by atoms with Crippen molar-refractivity contribution in [1.82, 2.24) is 34.1 Å². The minimum Gasteiger partial charge on any atom is -0.292 e. The lowest BCUT2D eigenvalue weighted by Crippen LogP contribution is -2.07. The van der Waals surface area contributed by atoms with Gasteiger partial charge in [0.05, 0.1) is 33.5 Å². The number of para-hydroxylation sites is 2. The fourth-order valence-corrected chi connectivity index (χ4v) is 7.05. The molecule has 50 heavy (non-hydrogen) atoms. The van der Waals surface area contributed by atoms with Crippen LogP contribution >= 0.6 is 0 Å². The van der Waals surface area contributed by atoms with Crippen LogP contribution in [-0.2, 0) is 0 Å². The summed E-state index contributed by atoms with van der Waals surface area (Å²) in [5.74, 6) is 2.56. The van der Waals surface area contributed by atoms with Gasteiger partial charge in [0.2, 0.25) is 5.95 Å². The molecule has 0 fully saturated rings. The Hall–Kier alpha value is -6.99. The summed E-state index contributed by atoms with van der Waals surface area (Å²) in [7, 11) is 0. The number of rotatable bonds is 5. The molecule has 0 spiro atoms. The molecule has 10 rings (SSSR count). The van der Waals surface area contributed by atoms with E-state index in [1.54, 1.807) is 6.20 Å². The van der Waals surface area contributed by atoms with E-state index in [4.69, 9.17) is 19.9 Å². The molecule has 0 bridgehead atoms. The highest BCUT2D eigenvalue weighted by atomic mass is 15.2. The smallest absolute Gasteiger partial charge is 0.238 e. The van der Waals surface area contributed by atoms with Crippen LogP contribution in [0, 0.1) is 0 Å². The van der Waals surface area contributed by atoms with Crippen LogP contribution in [0.15, 0.2) is 164 Å². The summed E-state index contributed by atoms with van der Waals surface area (Å²) in [6.07, 6.45) is 1.80. The van der Waals surface area contributed by atoms with Gasteiger partial charge in [-0.05, 0) is 36.4 Å². The predicted octanol–water partition coefficient (Wildman–Crippen LogP) is 9.86. The van der Waals surface area contributed by atoms with Crippen LogP contribution in [0.3, 0.4) is 0 Å². The van der Waals surface area contributed by atoms with Crippen LogP contribution in [-0.4, -0.2) is 34.1 Å². The van der Waals surface area contributed by atoms with Crippen LogP contribution in [0.25, 0.3) is 89.5 Å². The van der Waals surface area contributed by atoms with Crippen molar-refractivity contribution < 1.29 is 0 Å². The monoisotopic (exact) mass is 641 g/mol. The Kier molecular flexibility index (Phi) is 6.35. The van der Waals surface area contributed by atoms with Gasteiger partial charge in [-0.2, -0.15) is 9.97 Å². The minimum atomic E-state index is 0.545. The number of hydrogen-bond donors (Lipinski definition) is 0. The van der Waals surface area contributed by atoms with Gasteiger partial charge in [0.25, 0.3) is 0 Å². The third-order valence-corrected chi connectivity index (χ3v) is 9.25. The molecular formula is C43H27N7. The standard InChI is InChI=1S/C43H27N7/c1-3-14-28(15-4-1)41-46-42(29-16-5-2-6-17-29)48-43(47-41)50-37-23-10-8-19-31(37)33-26-25-32-30-18-7-9-22-36(30)49(39(32)40(33)50)38-24-13-21-35(45-38)34-20-11-12-27-44-34/h1-27H. The average Bonchev–Trinajstić information content (AvgIpc) is 3.72. The second-order valence-corrected chi connectivity index (χ2v) is 12.2. The first-order chi connectivity index (χ1) is 24.8. The largest absolute Gasteiger partial charge is 0.292 e. The van der Waals surface area contributed by atoms with E-state index in [9.17, 15) is 0 Å². The van der Waals surface area contributed by atoms with Crippen LogP contribution < -0.4 is 0 Å². The molecule has 0 aliphatic carbocycles. The van der Waals surface area contributed by atoms with E-state index in [0.717, 1.165) is 71.9 Å². The van der Waals surface area contributed by atoms with E-state index in [2.05, 4.69) is 80.8 Å². The summed E-state index contributed by atoms with van der Waals surface area (Å²) in [4.78, 5) is 25.2. The highest BCUT2D eigenvalue weighted by molar-refractivity contribution is 6.23. The molecule has 0 aliphatic heterocycles. The fraction of sp³-hybridized carbons (Fsp3) is 0. The second kappa shape index (κ2) is 11.3. The van der Waals surface area contributed by atoms with E-state index < -0.39 is 0 Å². The zero-order chi connectivity index (χ0) is 33.0. The SMILES string of the molecule is c1ccc(-c2nc(-c3ccccc3)nc(-n3c4ccccc4c4ccc5c6ccccc6n(-c6cccc(-c7ccccn7)n6)c5c43)n2)cc1. The van der Waals surface area contributed by atoms with Crippen molar-refractivity contribution in [3.05, 3.63) is 164 Å². The van der Waals surface area contributed by atoms with Crippen LogP contribution in [0.5, 0.6) is 0 Å². The number of benzene rings is 5. The Balaban J connectivity index is 1.35. The molecule has 0 saturated heterocycles. The van der Waals surface area contributed by atoms with Crippen LogP contribution in [0.4, 0.5) is 0 Å². The zero-order valence-electron chi connectivity index (χ0n) is 26.7. The molecule has 7 heteroatoms. The third kappa shape index (κ3) is 4.41. The van der Waals surface area contributed by atoms with Gasteiger partial charge in [-0.25, -0.2) is 9.97 Å². The number of aromatic nitrogens is 7. The maximum atomic E-state index is 5.21. The lowest BCUT2D eigenvalue weighted by atomic mass is 10.1. The van der Waals surface area contributed by atoms with Crippen molar-refractivity contribution in [2.24, 2.45) is 0 Å². The molecule has 234 valence electrons. The minimum absolute atomic E-state index is 0.545. The molecule has 0 unspecified atom stereocenters. The Bertz CT molecular complexity index is 2800. The quantitative estimate of drug-likeness (QED) is 0.187. The molecule has 0 N–H and O–H groups in total. The topological polar surface area (TPSA) is 74.3 Å². The first kappa shape index (κ1) is 28.1. The first-order valence-electron chi connectivity index (χ1n) is 16.5. The van der Waals surface area contributed by atoms with Crippen LogP contribution in [0.1, 0.15) is 0 Å². The molecule has 7 nitrogen and oxygen atoms in total. The molecule has 10 aromatic rings. The number of hydrogen-bond acceptors (Lipinski definition) is 5. The molecule has 0 amide bonds. The van der Waals surface area contributed by atoms with Gasteiger partial charge in [0.15, 0.2) is 11.6 Å². The molecule has 0 aliphatic rings. The van der Waals surface area contributed by atoms with Gasteiger partial charge in [0, 0.05) is 38.9 Å². The Morgan fingerprint density at radius 2 is 0.900 bits per heavy atom. The summed E-state index contributed by atoms with van der Waals surface area (Å²) >= 11 is 0. The van der Waals surface area contributed by atoms with Crippen LogP contribution in [0.2, 0.25) is 0 Å². The van der Waals surface area contributed by atoms with E-state index in [0.29, 0.717) is 17.6 Å². The van der Waals surface area contributed by atoms with E-state index in [-0.39, 0.29) is 0 Å². The lowest BCUT2D eigenvalue weighted by Gasteiger charge is -2.13. The first-order valence-corrected chi connectivity index (χ1v) is 16.5. The van der Waals surface area contributed by atoms with Crippen molar-refractivity contribution in [1.29, 1.82) is 0 Å². The Morgan fingerprint density at radius 3 is 1.52 bits per heavy atom. The van der Waals surface area contributed by atoms with Gasteiger partial charge in [-0.15, -0.1) is 0 Å². The fourth-order valence-electron chi connectivity index (χ4n) is 7.05. The lowest BCUT2D eigenvalue weighted by molar-refractivity contribution is 0.952. The summed E-state index contributed by atoms with van der Waals surface area (Å²) in [5.41, 5.74) is 7.55. The molecule has 5 aromatic heterocycles. The van der Waals surface area contributed by atoms with Gasteiger partial charge in [-0.3, -0.25) is 14.1 Å². The highest BCUT2D eigenvalue weighted by Crippen LogP contribution is 2.41. The van der Waals surface area contributed by atoms with E-state index in [1.165, 1.54) is 0 Å². The normalized spacial score (nSPS) is 11.6. The van der Waals surface area contributed by atoms with Crippen molar-refractivity contribution in [3.8, 4) is 45.9 Å². The van der Waals surface area contributed by atoms with Crippen molar-refractivity contribution in [2.75, 3.05) is 0 Å². The predicted molar refractivity (Wildman–Crippen MR) is 200 cm³/mol. The van der Waals surface area contributed by atoms with Gasteiger partial charge >= 0.3 is 0 Å². The molecule has 5 aromatic carbocycles. The third-order valence-electron chi connectivity index (χ3n) is 9.25. The second-order valence-electron chi connectivity index (χ2n) is 12.2. The van der Waals surface area contributed by atoms with Gasteiger partial charge in [0.1, 0.15) is 5.82 Å². The molecule has 0 atom stereocenters. The number of nitrogens with zero attached hydrogens (tertiary/aromatic N) is 7. The maximum Gasteiger partial charge on any atom is 0.238 e. The van der Waals surface area contributed by atoms with Crippen molar-refractivity contribution >= 4 is 43.6 Å². The number of pyridine rings is 2. The summed E-state index contributed by atoms with van der Waals surface area (Å²) in [6, 6.07) is 53.6. The Morgan fingerprint density at radius 1 is 0.360 bits per heavy atom. The van der Waals surface area contributed by atoms with Crippen molar-refractivity contribution in [2.45, 2.75) is 0 Å². The molecule has 5 heterocycles. The Labute approximate surface area is 286 Å². The molecule has 0 radical (unpaired) electrons. The zero-order valence-corrected chi connectivity index (χ0v) is 26.7. The van der Waals surface area contributed by atoms with E-state index in [1.807, 2.05) is 91.0 Å². The highest BCUT2D eigenvalue weighted by Gasteiger charge is 2.23. The molecule has 0 saturated carbocycles. The maximum absolute atomic E-state index is 5.21.